The average Bonchev–Trinajstić information content (AvgIpc) is 3.00. The zero-order valence-corrected chi connectivity index (χ0v) is 13.3. The number of hydrogen-bond acceptors (Lipinski definition) is 2. The Hall–Kier alpha value is -0.530. The first-order valence-corrected chi connectivity index (χ1v) is 8.75. The van der Waals surface area contributed by atoms with E-state index in [1.807, 2.05) is 0 Å². The lowest BCUT2D eigenvalue weighted by Crippen LogP contribution is -2.38. The molecule has 0 aliphatic heterocycles. The van der Waals surface area contributed by atoms with Crippen molar-refractivity contribution in [2.24, 2.45) is 35.5 Å². The predicted molar refractivity (Wildman–Crippen MR) is 80.2 cm³/mol. The van der Waals surface area contributed by atoms with Gasteiger partial charge in [0, 0.05) is 0 Å². The molecule has 0 spiro atoms. The maximum atomic E-state index is 12.6. The molecule has 0 aromatic rings. The summed E-state index contributed by atoms with van der Waals surface area (Å²) in [4.78, 5) is 12.6. The molecule has 3 rings (SSSR count). The Morgan fingerprint density at radius 1 is 1.05 bits per heavy atom. The number of carbonyl (C=O) groups is 1. The van der Waals surface area contributed by atoms with Crippen molar-refractivity contribution in [3.63, 3.8) is 0 Å². The maximum absolute atomic E-state index is 12.6. The average molecular weight is 278 g/mol. The zero-order valence-electron chi connectivity index (χ0n) is 13.3. The minimum absolute atomic E-state index is 0.141. The molecule has 2 nitrogen and oxygen atoms in total. The Labute approximate surface area is 123 Å². The van der Waals surface area contributed by atoms with Gasteiger partial charge in [-0.3, -0.25) is 4.79 Å². The molecule has 0 aromatic heterocycles. The van der Waals surface area contributed by atoms with Crippen LogP contribution in [0.2, 0.25) is 0 Å². The van der Waals surface area contributed by atoms with Crippen molar-refractivity contribution in [2.75, 3.05) is 0 Å². The van der Waals surface area contributed by atoms with Gasteiger partial charge < -0.3 is 4.74 Å². The Balaban J connectivity index is 1.61. The summed E-state index contributed by atoms with van der Waals surface area (Å²) >= 11 is 0. The van der Waals surface area contributed by atoms with Gasteiger partial charge in [-0.1, -0.05) is 33.6 Å². The Morgan fingerprint density at radius 2 is 1.85 bits per heavy atom. The van der Waals surface area contributed by atoms with E-state index in [0.29, 0.717) is 23.7 Å². The van der Waals surface area contributed by atoms with Crippen LogP contribution in [0.3, 0.4) is 0 Å². The third-order valence-corrected chi connectivity index (χ3v) is 6.27. The molecule has 0 amide bonds. The van der Waals surface area contributed by atoms with Crippen LogP contribution in [0.25, 0.3) is 0 Å². The maximum Gasteiger partial charge on any atom is 0.309 e. The predicted octanol–water partition coefficient (Wildman–Crippen LogP) is 4.43. The fourth-order valence-corrected chi connectivity index (χ4v) is 5.02. The van der Waals surface area contributed by atoms with E-state index in [-0.39, 0.29) is 18.0 Å². The van der Waals surface area contributed by atoms with Gasteiger partial charge >= 0.3 is 5.97 Å². The second-order valence-corrected chi connectivity index (χ2v) is 8.08. The number of esters is 1. The van der Waals surface area contributed by atoms with Crippen molar-refractivity contribution in [3.05, 3.63) is 0 Å². The minimum Gasteiger partial charge on any atom is -0.462 e. The molecule has 3 aliphatic carbocycles. The number of rotatable bonds is 3. The van der Waals surface area contributed by atoms with Crippen LogP contribution in [-0.2, 0) is 9.53 Å². The summed E-state index contributed by atoms with van der Waals surface area (Å²) in [5, 5.41) is 0. The molecule has 3 fully saturated rings. The Morgan fingerprint density at radius 3 is 2.45 bits per heavy atom. The van der Waals surface area contributed by atoms with E-state index >= 15 is 0 Å². The Bertz CT molecular complexity index is 362. The monoisotopic (exact) mass is 278 g/mol. The van der Waals surface area contributed by atoms with Crippen molar-refractivity contribution in [2.45, 2.75) is 71.8 Å². The van der Waals surface area contributed by atoms with Crippen LogP contribution in [-0.4, -0.2) is 12.1 Å². The second kappa shape index (κ2) is 5.69. The van der Waals surface area contributed by atoms with Gasteiger partial charge in [0.05, 0.1) is 5.92 Å². The second-order valence-electron chi connectivity index (χ2n) is 8.08. The van der Waals surface area contributed by atoms with Crippen molar-refractivity contribution >= 4 is 5.97 Å². The van der Waals surface area contributed by atoms with Crippen molar-refractivity contribution in [1.29, 1.82) is 0 Å². The third kappa shape index (κ3) is 2.76. The summed E-state index contributed by atoms with van der Waals surface area (Å²) in [6, 6.07) is 0. The van der Waals surface area contributed by atoms with Crippen molar-refractivity contribution in [3.8, 4) is 0 Å². The van der Waals surface area contributed by atoms with Crippen molar-refractivity contribution in [1.82, 2.24) is 0 Å². The quantitative estimate of drug-likeness (QED) is 0.714. The van der Waals surface area contributed by atoms with Crippen LogP contribution >= 0.6 is 0 Å². The van der Waals surface area contributed by atoms with Crippen LogP contribution in [0.5, 0.6) is 0 Å². The highest BCUT2D eigenvalue weighted by Gasteiger charge is 2.45. The summed E-state index contributed by atoms with van der Waals surface area (Å²) < 4.78 is 6.03. The van der Waals surface area contributed by atoms with Gasteiger partial charge in [0.1, 0.15) is 6.10 Å². The van der Waals surface area contributed by atoms with Crippen LogP contribution in [0.1, 0.15) is 65.7 Å². The van der Waals surface area contributed by atoms with E-state index in [0.717, 1.165) is 18.8 Å². The molecule has 0 radical (unpaired) electrons. The van der Waals surface area contributed by atoms with Gasteiger partial charge in [-0.2, -0.15) is 0 Å². The SMILES string of the molecule is CC(C)[C@@H]1CC[C@@H](C)C[C@H]1OC(=O)[C@H]1C[C@H]2CC[C@@H]1C2. The molecule has 114 valence electrons. The summed E-state index contributed by atoms with van der Waals surface area (Å²) in [6.07, 6.45) is 8.80. The smallest absolute Gasteiger partial charge is 0.309 e. The summed E-state index contributed by atoms with van der Waals surface area (Å²) in [6.45, 7) is 6.85. The summed E-state index contributed by atoms with van der Waals surface area (Å²) in [5.74, 6) is 3.76. The molecule has 2 bridgehead atoms. The van der Waals surface area contributed by atoms with Crippen LogP contribution < -0.4 is 0 Å². The molecule has 20 heavy (non-hydrogen) atoms. The molecule has 0 saturated heterocycles. The van der Waals surface area contributed by atoms with Gasteiger partial charge in [0.25, 0.3) is 0 Å². The lowest BCUT2D eigenvalue weighted by molar-refractivity contribution is -0.162. The third-order valence-electron chi connectivity index (χ3n) is 6.27. The molecule has 0 aromatic carbocycles. The highest BCUT2D eigenvalue weighted by molar-refractivity contribution is 5.73. The van der Waals surface area contributed by atoms with E-state index in [4.69, 9.17) is 4.74 Å². The first-order chi connectivity index (χ1) is 9.54. The topological polar surface area (TPSA) is 26.3 Å². The first kappa shape index (κ1) is 14.4. The summed E-state index contributed by atoms with van der Waals surface area (Å²) in [5.41, 5.74) is 0. The van der Waals surface area contributed by atoms with Gasteiger partial charge in [-0.05, 0) is 61.7 Å². The van der Waals surface area contributed by atoms with E-state index < -0.39 is 0 Å². The standard InChI is InChI=1S/C18H30O2/c1-11(2)15-7-4-12(3)8-17(15)20-18(19)16-10-13-5-6-14(16)9-13/h11-17H,4-10H2,1-3H3/t12-,13+,14-,15+,16+,17-/m1/s1. The van der Waals surface area contributed by atoms with Gasteiger partial charge in [0.15, 0.2) is 0 Å². The molecule has 0 heterocycles. The Kier molecular flexibility index (Phi) is 4.10. The lowest BCUT2D eigenvalue weighted by Gasteiger charge is -2.37. The molecule has 0 unspecified atom stereocenters. The van der Waals surface area contributed by atoms with E-state index in [2.05, 4.69) is 20.8 Å². The minimum atomic E-state index is 0.141. The lowest BCUT2D eigenvalue weighted by atomic mass is 9.75. The van der Waals surface area contributed by atoms with Crippen LogP contribution in [0, 0.1) is 35.5 Å². The van der Waals surface area contributed by atoms with E-state index in [9.17, 15) is 4.79 Å². The molecular formula is C18H30O2. The van der Waals surface area contributed by atoms with E-state index in [1.54, 1.807) is 0 Å². The number of fused-ring (bicyclic) bond motifs is 2. The van der Waals surface area contributed by atoms with Crippen LogP contribution in [0.15, 0.2) is 0 Å². The largest absolute Gasteiger partial charge is 0.462 e. The normalized spacial score (nSPS) is 44.0. The van der Waals surface area contributed by atoms with Gasteiger partial charge in [-0.15, -0.1) is 0 Å². The van der Waals surface area contributed by atoms with E-state index in [1.165, 1.54) is 32.1 Å². The number of hydrogen-bond donors (Lipinski definition) is 0. The molecule has 3 saturated carbocycles. The van der Waals surface area contributed by atoms with Gasteiger partial charge in [0.2, 0.25) is 0 Å². The molecule has 6 atom stereocenters. The highest BCUT2D eigenvalue weighted by atomic mass is 16.5. The van der Waals surface area contributed by atoms with Gasteiger partial charge in [-0.25, -0.2) is 0 Å². The molecule has 2 heteroatoms. The number of carbonyl (C=O) groups excluding carboxylic acids is 1. The fraction of sp³-hybridized carbons (Fsp3) is 0.944. The highest BCUT2D eigenvalue weighted by Crippen LogP contribution is 2.49. The zero-order chi connectivity index (χ0) is 14.3. The fourth-order valence-electron chi connectivity index (χ4n) is 5.02. The van der Waals surface area contributed by atoms with Crippen molar-refractivity contribution < 1.29 is 9.53 Å². The van der Waals surface area contributed by atoms with Crippen LogP contribution in [0.4, 0.5) is 0 Å². The first-order valence-electron chi connectivity index (χ1n) is 8.75. The summed E-state index contributed by atoms with van der Waals surface area (Å²) in [7, 11) is 0. The number of ether oxygens (including phenoxy) is 1. The molecule has 0 N–H and O–H groups in total. The molecular weight excluding hydrogens is 248 g/mol. The molecule has 3 aliphatic rings.